The zero-order chi connectivity index (χ0) is 19.8. The Kier molecular flexibility index (Phi) is 4.84. The number of carbonyl (C=O) groups is 1. The highest BCUT2D eigenvalue weighted by Gasteiger charge is 2.55. The summed E-state index contributed by atoms with van der Waals surface area (Å²) in [6.07, 6.45) is 3.85. The van der Waals surface area contributed by atoms with Crippen molar-refractivity contribution in [3.63, 3.8) is 0 Å². The molecule has 2 aromatic carbocycles. The number of nitrogens with one attached hydrogen (secondary N) is 1. The first-order valence-corrected chi connectivity index (χ1v) is 11.2. The Bertz CT molecular complexity index is 952. The summed E-state index contributed by atoms with van der Waals surface area (Å²) < 4.78 is 0. The highest BCUT2D eigenvalue weighted by Crippen LogP contribution is 2.50. The number of amides is 1. The van der Waals surface area contributed by atoms with Gasteiger partial charge in [0.25, 0.3) is 5.91 Å². The predicted molar refractivity (Wildman–Crippen MR) is 119 cm³/mol. The number of carbonyl (C=O) groups excluding carboxylic acids is 1. The topological polar surface area (TPSA) is 47.9 Å². The van der Waals surface area contributed by atoms with Crippen molar-refractivity contribution in [3.05, 3.63) is 65.2 Å². The van der Waals surface area contributed by atoms with Gasteiger partial charge in [-0.05, 0) is 38.9 Å². The summed E-state index contributed by atoms with van der Waals surface area (Å²) in [5.74, 6) is 0.0894. The average Bonchev–Trinajstić information content (AvgIpc) is 3.30. The molecule has 1 unspecified atom stereocenters. The highest BCUT2D eigenvalue weighted by atomic mass is 32.2. The molecule has 1 N–H and O–H groups in total. The molecule has 0 bridgehead atoms. The molecule has 1 spiro atoms. The molecule has 29 heavy (non-hydrogen) atoms. The van der Waals surface area contributed by atoms with Gasteiger partial charge in [0.1, 0.15) is 5.04 Å². The monoisotopic (exact) mass is 406 g/mol. The Hall–Kier alpha value is -2.31. The summed E-state index contributed by atoms with van der Waals surface area (Å²) in [4.78, 5) is 17.2. The van der Waals surface area contributed by atoms with E-state index in [0.717, 1.165) is 48.0 Å². The smallest absolute Gasteiger partial charge is 0.269 e. The zero-order valence-corrected chi connectivity index (χ0v) is 17.5. The number of piperidine rings is 1. The van der Waals surface area contributed by atoms with E-state index in [9.17, 15) is 4.79 Å². The lowest BCUT2D eigenvalue weighted by Gasteiger charge is -2.29. The van der Waals surface area contributed by atoms with E-state index < -0.39 is 4.87 Å². The number of nitrogens with zero attached hydrogens (tertiary/aromatic N) is 3. The van der Waals surface area contributed by atoms with Crippen LogP contribution in [0.2, 0.25) is 0 Å². The summed E-state index contributed by atoms with van der Waals surface area (Å²) in [6.45, 7) is 6.00. The molecule has 5 nitrogen and oxygen atoms in total. The SMILES string of the molecule is Cc1ccc(C2=NNC3(S2)C(=O)N(CCN2CCCCC2)c2ccccc23)cc1. The van der Waals surface area contributed by atoms with Crippen LogP contribution in [0, 0.1) is 6.92 Å². The van der Waals surface area contributed by atoms with Gasteiger partial charge in [0.05, 0.1) is 5.69 Å². The van der Waals surface area contributed by atoms with Gasteiger partial charge in [-0.15, -0.1) is 0 Å². The minimum atomic E-state index is -0.849. The molecule has 150 valence electrons. The summed E-state index contributed by atoms with van der Waals surface area (Å²) in [6, 6.07) is 16.4. The average molecular weight is 407 g/mol. The van der Waals surface area contributed by atoms with Crippen LogP contribution in [-0.2, 0) is 9.67 Å². The van der Waals surface area contributed by atoms with Crippen molar-refractivity contribution < 1.29 is 4.79 Å². The molecule has 2 aromatic rings. The third-order valence-corrected chi connectivity index (χ3v) is 7.38. The van der Waals surface area contributed by atoms with E-state index >= 15 is 0 Å². The fourth-order valence-electron chi connectivity index (χ4n) is 4.41. The van der Waals surface area contributed by atoms with Crippen LogP contribution in [0.3, 0.4) is 0 Å². The number of likely N-dealkylation sites (tertiary alicyclic amines) is 1. The van der Waals surface area contributed by atoms with E-state index in [4.69, 9.17) is 0 Å². The molecule has 0 saturated carbocycles. The van der Waals surface area contributed by atoms with Gasteiger partial charge in [-0.2, -0.15) is 5.10 Å². The fraction of sp³-hybridized carbons (Fsp3) is 0.391. The maximum absolute atomic E-state index is 13.6. The molecular formula is C23H26N4OS. The fourth-order valence-corrected chi connectivity index (χ4v) is 5.62. The maximum atomic E-state index is 13.6. The number of fused-ring (bicyclic) bond motifs is 2. The Morgan fingerprint density at radius 1 is 1.03 bits per heavy atom. The molecule has 5 rings (SSSR count). The van der Waals surface area contributed by atoms with Crippen molar-refractivity contribution >= 4 is 28.4 Å². The molecule has 3 aliphatic rings. The standard InChI is InChI=1S/C23H26N4OS/c1-17-9-11-18(12-10-17)21-24-25-23(29-21)19-7-3-4-8-20(19)27(22(23)28)16-15-26-13-5-2-6-14-26/h3-4,7-12,25H,2,5-6,13-16H2,1H3. The van der Waals surface area contributed by atoms with Gasteiger partial charge in [-0.25, -0.2) is 0 Å². The minimum absolute atomic E-state index is 0.0894. The lowest BCUT2D eigenvalue weighted by molar-refractivity contribution is -0.121. The lowest BCUT2D eigenvalue weighted by atomic mass is 10.1. The number of rotatable bonds is 4. The molecule has 0 radical (unpaired) electrons. The number of benzene rings is 2. The van der Waals surface area contributed by atoms with Gasteiger partial charge in [0.15, 0.2) is 0 Å². The third kappa shape index (κ3) is 3.24. The molecule has 1 saturated heterocycles. The lowest BCUT2D eigenvalue weighted by Crippen LogP contribution is -2.46. The summed E-state index contributed by atoms with van der Waals surface area (Å²) >= 11 is 1.53. The second kappa shape index (κ2) is 7.50. The van der Waals surface area contributed by atoms with E-state index in [2.05, 4.69) is 58.7 Å². The number of hydrogen-bond donors (Lipinski definition) is 1. The van der Waals surface area contributed by atoms with Gasteiger partial charge in [0.2, 0.25) is 4.87 Å². The van der Waals surface area contributed by atoms with Gasteiger partial charge in [0, 0.05) is 24.2 Å². The minimum Gasteiger partial charge on any atom is -0.308 e. The Morgan fingerprint density at radius 2 is 1.79 bits per heavy atom. The van der Waals surface area contributed by atoms with Crippen LogP contribution in [0.5, 0.6) is 0 Å². The van der Waals surface area contributed by atoms with E-state index in [1.165, 1.54) is 36.6 Å². The van der Waals surface area contributed by atoms with Crippen LogP contribution < -0.4 is 10.3 Å². The van der Waals surface area contributed by atoms with Crippen LogP contribution >= 0.6 is 11.8 Å². The van der Waals surface area contributed by atoms with Crippen LogP contribution in [0.1, 0.15) is 36.0 Å². The van der Waals surface area contributed by atoms with Crippen molar-refractivity contribution in [2.24, 2.45) is 5.10 Å². The Labute approximate surface area is 176 Å². The number of aryl methyl sites for hydroxylation is 1. The van der Waals surface area contributed by atoms with Crippen molar-refractivity contribution in [2.45, 2.75) is 31.1 Å². The van der Waals surface area contributed by atoms with Crippen LogP contribution in [-0.4, -0.2) is 42.0 Å². The molecule has 3 aliphatic heterocycles. The van der Waals surface area contributed by atoms with Gasteiger partial charge >= 0.3 is 0 Å². The van der Waals surface area contributed by atoms with E-state index in [0.29, 0.717) is 0 Å². The summed E-state index contributed by atoms with van der Waals surface area (Å²) in [5.41, 5.74) is 7.50. The van der Waals surface area contributed by atoms with Crippen LogP contribution in [0.25, 0.3) is 0 Å². The van der Waals surface area contributed by atoms with Crippen molar-refractivity contribution in [1.82, 2.24) is 10.3 Å². The third-order valence-electron chi connectivity index (χ3n) is 6.07. The van der Waals surface area contributed by atoms with Crippen molar-refractivity contribution in [3.8, 4) is 0 Å². The number of hydrogen-bond acceptors (Lipinski definition) is 5. The van der Waals surface area contributed by atoms with Gasteiger partial charge in [-0.3, -0.25) is 10.2 Å². The quantitative estimate of drug-likeness (QED) is 0.842. The first-order chi connectivity index (χ1) is 14.2. The van der Waals surface area contributed by atoms with Crippen LogP contribution in [0.4, 0.5) is 5.69 Å². The summed E-state index contributed by atoms with van der Waals surface area (Å²) in [7, 11) is 0. The second-order valence-corrected chi connectivity index (χ2v) is 9.26. The largest absolute Gasteiger partial charge is 0.308 e. The Morgan fingerprint density at radius 3 is 2.59 bits per heavy atom. The normalized spacial score (nSPS) is 24.0. The molecule has 0 aromatic heterocycles. The molecule has 1 atom stereocenters. The van der Waals surface area contributed by atoms with E-state index in [1.807, 2.05) is 17.0 Å². The van der Waals surface area contributed by atoms with Crippen molar-refractivity contribution in [1.29, 1.82) is 0 Å². The van der Waals surface area contributed by atoms with Gasteiger partial charge in [-0.1, -0.05) is 66.2 Å². The molecule has 6 heteroatoms. The number of hydrazone groups is 1. The molecule has 0 aliphatic carbocycles. The molecule has 3 heterocycles. The predicted octanol–water partition coefficient (Wildman–Crippen LogP) is 3.68. The second-order valence-electron chi connectivity index (χ2n) is 8.05. The molecule has 1 amide bonds. The molecular weight excluding hydrogens is 380 g/mol. The first-order valence-electron chi connectivity index (χ1n) is 10.4. The van der Waals surface area contributed by atoms with E-state index in [-0.39, 0.29) is 5.91 Å². The first kappa shape index (κ1) is 18.7. The maximum Gasteiger partial charge on any atom is 0.269 e. The summed E-state index contributed by atoms with van der Waals surface area (Å²) in [5, 5.41) is 5.44. The number of anilines is 1. The molecule has 1 fully saturated rings. The number of para-hydroxylation sites is 1. The zero-order valence-electron chi connectivity index (χ0n) is 16.7. The van der Waals surface area contributed by atoms with Crippen molar-refractivity contribution in [2.75, 3.05) is 31.1 Å². The highest BCUT2D eigenvalue weighted by molar-refractivity contribution is 8.16. The van der Waals surface area contributed by atoms with E-state index in [1.54, 1.807) is 0 Å². The van der Waals surface area contributed by atoms with Crippen LogP contribution in [0.15, 0.2) is 53.6 Å². The Balaban J connectivity index is 1.39. The number of thioether (sulfide) groups is 1. The van der Waals surface area contributed by atoms with Gasteiger partial charge < -0.3 is 9.80 Å².